The first-order valence-corrected chi connectivity index (χ1v) is 10.0. The van der Waals surface area contributed by atoms with E-state index in [2.05, 4.69) is 13.8 Å². The third-order valence-electron chi connectivity index (χ3n) is 7.24. The lowest BCUT2D eigenvalue weighted by atomic mass is 9.49. The molecule has 2 bridgehead atoms. The Kier molecular flexibility index (Phi) is 4.17. The second kappa shape index (κ2) is 6.02. The van der Waals surface area contributed by atoms with Crippen molar-refractivity contribution in [2.45, 2.75) is 70.5 Å². The Morgan fingerprint density at radius 3 is 2.39 bits per heavy atom. The molecule has 28 heavy (non-hydrogen) atoms. The zero-order valence-corrected chi connectivity index (χ0v) is 17.5. The first kappa shape index (κ1) is 19.4. The van der Waals surface area contributed by atoms with Crippen molar-refractivity contribution >= 4 is 5.97 Å². The van der Waals surface area contributed by atoms with Crippen molar-refractivity contribution < 1.29 is 29.2 Å². The maximum Gasteiger partial charge on any atom is 0.317 e. The highest BCUT2D eigenvalue weighted by Gasteiger charge is 2.71. The summed E-state index contributed by atoms with van der Waals surface area (Å²) in [6.07, 6.45) is 1.38. The Balaban J connectivity index is 2.15. The monoisotopic (exact) mass is 390 g/mol. The molecule has 6 heteroatoms. The van der Waals surface area contributed by atoms with Gasteiger partial charge in [0.25, 0.3) is 0 Å². The van der Waals surface area contributed by atoms with Crippen molar-refractivity contribution in [1.82, 2.24) is 0 Å². The molecule has 2 fully saturated rings. The third-order valence-corrected chi connectivity index (χ3v) is 7.24. The normalized spacial score (nSPS) is 32.7. The van der Waals surface area contributed by atoms with Crippen LogP contribution in [-0.2, 0) is 19.7 Å². The molecule has 1 heterocycles. The summed E-state index contributed by atoms with van der Waals surface area (Å²) >= 11 is 0. The summed E-state index contributed by atoms with van der Waals surface area (Å²) in [6.45, 7) is 8.15. The minimum atomic E-state index is -0.985. The number of phenolic OH excluding ortho intramolecular Hbond substituents is 2. The summed E-state index contributed by atoms with van der Waals surface area (Å²) < 4.78 is 17.5. The van der Waals surface area contributed by atoms with Gasteiger partial charge >= 0.3 is 5.97 Å². The predicted octanol–water partition coefficient (Wildman–Crippen LogP) is 3.92. The van der Waals surface area contributed by atoms with Gasteiger partial charge in [0, 0.05) is 29.7 Å². The molecule has 6 nitrogen and oxygen atoms in total. The average molecular weight is 390 g/mol. The highest BCUT2D eigenvalue weighted by Crippen LogP contribution is 2.68. The Hall–Kier alpha value is -1.95. The van der Waals surface area contributed by atoms with Crippen LogP contribution >= 0.6 is 0 Å². The second-order valence-electron chi connectivity index (χ2n) is 9.40. The highest BCUT2D eigenvalue weighted by atomic mass is 16.6. The van der Waals surface area contributed by atoms with Gasteiger partial charge in [0.05, 0.1) is 7.11 Å². The van der Waals surface area contributed by atoms with E-state index in [0.717, 1.165) is 12.8 Å². The predicted molar refractivity (Wildman–Crippen MR) is 103 cm³/mol. The summed E-state index contributed by atoms with van der Waals surface area (Å²) in [5.41, 5.74) is 0.456. The number of hydrogen-bond acceptors (Lipinski definition) is 6. The van der Waals surface area contributed by atoms with Gasteiger partial charge in [-0.15, -0.1) is 0 Å². The fraction of sp³-hybridized carbons (Fsp3) is 0.682. The Morgan fingerprint density at radius 1 is 1.14 bits per heavy atom. The molecule has 1 aliphatic heterocycles. The molecule has 1 saturated carbocycles. The standard InChI is InChI=1S/C22H30O6/c1-10(2)11-14(23)15(24)13-12(16(11)26-5)17(27-6)18-19-21(3,4)8-7-9-22(13,19)20(25)28-18/h10,17-19,23-24H,7-9H2,1-6H3/t17?,18-,19+,22+/m0/s1. The van der Waals surface area contributed by atoms with Crippen LogP contribution < -0.4 is 4.74 Å². The minimum absolute atomic E-state index is 0.0871. The molecule has 4 atom stereocenters. The zero-order chi connectivity index (χ0) is 20.6. The van der Waals surface area contributed by atoms with Crippen LogP contribution in [0.1, 0.15) is 75.7 Å². The van der Waals surface area contributed by atoms with E-state index >= 15 is 0 Å². The fourth-order valence-electron chi connectivity index (χ4n) is 6.31. The molecule has 0 amide bonds. The SMILES string of the molecule is COc1c(C(C)C)c(O)c(O)c2c1C(OC)[C@@H]1OC(=O)[C@]23CCCC(C)(C)[C@@H]13. The van der Waals surface area contributed by atoms with Gasteiger partial charge in [0.1, 0.15) is 23.4 Å². The minimum Gasteiger partial charge on any atom is -0.504 e. The van der Waals surface area contributed by atoms with Crippen molar-refractivity contribution in [3.63, 3.8) is 0 Å². The first-order valence-electron chi connectivity index (χ1n) is 10.0. The van der Waals surface area contributed by atoms with Crippen molar-refractivity contribution in [2.75, 3.05) is 14.2 Å². The van der Waals surface area contributed by atoms with Gasteiger partial charge in [-0.25, -0.2) is 0 Å². The molecule has 3 aliphatic rings. The molecule has 2 N–H and O–H groups in total. The number of methoxy groups -OCH3 is 2. The zero-order valence-electron chi connectivity index (χ0n) is 17.5. The van der Waals surface area contributed by atoms with Gasteiger partial charge in [-0.2, -0.15) is 0 Å². The number of aromatic hydroxyl groups is 2. The smallest absolute Gasteiger partial charge is 0.317 e. The van der Waals surface area contributed by atoms with Crippen LogP contribution in [0.2, 0.25) is 0 Å². The molecular weight excluding hydrogens is 360 g/mol. The number of carbonyl (C=O) groups excluding carboxylic acids is 1. The van der Waals surface area contributed by atoms with Gasteiger partial charge in [0.2, 0.25) is 0 Å². The molecule has 4 rings (SSSR count). The van der Waals surface area contributed by atoms with Gasteiger partial charge in [-0.05, 0) is 24.2 Å². The molecule has 1 aromatic carbocycles. The number of fused-ring (bicyclic) bond motifs is 1. The number of ether oxygens (including phenoxy) is 3. The van der Waals surface area contributed by atoms with Crippen LogP contribution in [0.5, 0.6) is 17.2 Å². The van der Waals surface area contributed by atoms with E-state index < -0.39 is 17.6 Å². The molecule has 1 unspecified atom stereocenters. The maximum atomic E-state index is 13.3. The van der Waals surface area contributed by atoms with E-state index in [9.17, 15) is 15.0 Å². The highest BCUT2D eigenvalue weighted by molar-refractivity contribution is 5.91. The lowest BCUT2D eigenvalue weighted by molar-refractivity contribution is -0.149. The van der Waals surface area contributed by atoms with Gasteiger partial charge in [-0.1, -0.05) is 34.1 Å². The van der Waals surface area contributed by atoms with E-state index in [1.54, 1.807) is 14.2 Å². The van der Waals surface area contributed by atoms with Crippen LogP contribution in [0.25, 0.3) is 0 Å². The van der Waals surface area contributed by atoms with Crippen molar-refractivity contribution in [1.29, 1.82) is 0 Å². The average Bonchev–Trinajstić information content (AvgIpc) is 2.87. The second-order valence-corrected chi connectivity index (χ2v) is 9.40. The lowest BCUT2D eigenvalue weighted by Crippen LogP contribution is -2.54. The van der Waals surface area contributed by atoms with E-state index in [1.807, 2.05) is 13.8 Å². The Bertz CT molecular complexity index is 842. The molecular formula is C22H30O6. The van der Waals surface area contributed by atoms with Crippen LogP contribution in [0.3, 0.4) is 0 Å². The van der Waals surface area contributed by atoms with Crippen molar-refractivity contribution in [3.8, 4) is 17.2 Å². The quantitative estimate of drug-likeness (QED) is 0.601. The Morgan fingerprint density at radius 2 is 1.82 bits per heavy atom. The first-order chi connectivity index (χ1) is 13.1. The third kappa shape index (κ3) is 2.10. The summed E-state index contributed by atoms with van der Waals surface area (Å²) in [6, 6.07) is 0. The fourth-order valence-corrected chi connectivity index (χ4v) is 6.31. The summed E-state index contributed by atoms with van der Waals surface area (Å²) in [5.74, 6) is -0.520. The number of carbonyl (C=O) groups is 1. The van der Waals surface area contributed by atoms with Crippen LogP contribution in [0, 0.1) is 11.3 Å². The molecule has 1 aromatic rings. The lowest BCUT2D eigenvalue weighted by Gasteiger charge is -2.52. The van der Waals surface area contributed by atoms with Gasteiger partial charge in [-0.3, -0.25) is 4.79 Å². The van der Waals surface area contributed by atoms with E-state index in [4.69, 9.17) is 14.2 Å². The summed E-state index contributed by atoms with van der Waals surface area (Å²) in [7, 11) is 3.13. The largest absolute Gasteiger partial charge is 0.504 e. The number of phenols is 2. The maximum absolute atomic E-state index is 13.3. The van der Waals surface area contributed by atoms with E-state index in [1.165, 1.54) is 0 Å². The Labute approximate surface area is 165 Å². The number of benzene rings is 1. The van der Waals surface area contributed by atoms with Crippen LogP contribution in [-0.4, -0.2) is 36.5 Å². The number of rotatable bonds is 3. The van der Waals surface area contributed by atoms with Crippen LogP contribution in [0.15, 0.2) is 0 Å². The molecule has 0 spiro atoms. The number of esters is 1. The van der Waals surface area contributed by atoms with Crippen molar-refractivity contribution in [2.24, 2.45) is 11.3 Å². The molecule has 0 aromatic heterocycles. The summed E-state index contributed by atoms with van der Waals surface area (Å²) in [4.78, 5) is 13.3. The number of hydrogen-bond donors (Lipinski definition) is 2. The van der Waals surface area contributed by atoms with Gasteiger partial charge in [0.15, 0.2) is 11.5 Å². The molecule has 1 saturated heterocycles. The summed E-state index contributed by atoms with van der Waals surface area (Å²) in [5, 5.41) is 22.1. The molecule has 154 valence electrons. The topological polar surface area (TPSA) is 85.2 Å². The van der Waals surface area contributed by atoms with Gasteiger partial charge < -0.3 is 24.4 Å². The van der Waals surface area contributed by atoms with E-state index in [-0.39, 0.29) is 34.7 Å². The molecule has 2 aliphatic carbocycles. The molecule has 0 radical (unpaired) electrons. The van der Waals surface area contributed by atoms with Crippen molar-refractivity contribution in [3.05, 3.63) is 16.7 Å². The van der Waals surface area contributed by atoms with E-state index in [0.29, 0.717) is 28.9 Å². The van der Waals surface area contributed by atoms with Crippen LogP contribution in [0.4, 0.5) is 0 Å².